The summed E-state index contributed by atoms with van der Waals surface area (Å²) in [4.78, 5) is 11.5. The zero-order chi connectivity index (χ0) is 13.6. The Morgan fingerprint density at radius 1 is 1.37 bits per heavy atom. The van der Waals surface area contributed by atoms with E-state index in [1.807, 2.05) is 37.3 Å². The van der Waals surface area contributed by atoms with E-state index in [-0.39, 0.29) is 5.91 Å². The van der Waals surface area contributed by atoms with Gasteiger partial charge in [0.05, 0.1) is 11.3 Å². The molecule has 0 spiro atoms. The second kappa shape index (κ2) is 4.42. The van der Waals surface area contributed by atoms with E-state index in [2.05, 4.69) is 4.57 Å². The second-order valence-corrected chi connectivity index (χ2v) is 5.38. The lowest BCUT2D eigenvalue weighted by molar-refractivity contribution is 0.0999. The van der Waals surface area contributed by atoms with Crippen LogP contribution in [0.5, 0.6) is 0 Å². The highest BCUT2D eigenvalue weighted by molar-refractivity contribution is 6.33. The predicted molar refractivity (Wildman–Crippen MR) is 76.4 cm³/mol. The average Bonchev–Trinajstić information content (AvgIpc) is 3.14. The number of nitrogens with two attached hydrogens (primary N) is 1. The van der Waals surface area contributed by atoms with Crippen molar-refractivity contribution in [3.63, 3.8) is 0 Å². The van der Waals surface area contributed by atoms with Crippen LogP contribution < -0.4 is 5.73 Å². The van der Waals surface area contributed by atoms with Gasteiger partial charge in [0.25, 0.3) is 5.91 Å². The first-order valence-corrected chi connectivity index (χ1v) is 6.74. The van der Waals surface area contributed by atoms with Gasteiger partial charge in [0.2, 0.25) is 0 Å². The lowest BCUT2D eigenvalue weighted by atomic mass is 10.1. The molecule has 3 rings (SSSR count). The third-order valence-corrected chi connectivity index (χ3v) is 3.95. The Kier molecular flexibility index (Phi) is 2.86. The Labute approximate surface area is 117 Å². The summed E-state index contributed by atoms with van der Waals surface area (Å²) in [7, 11) is 0. The molecule has 0 atom stereocenters. The van der Waals surface area contributed by atoms with Crippen LogP contribution in [0, 0.1) is 6.92 Å². The Morgan fingerprint density at radius 3 is 2.63 bits per heavy atom. The van der Waals surface area contributed by atoms with Crippen molar-refractivity contribution < 1.29 is 4.79 Å². The van der Waals surface area contributed by atoms with Crippen molar-refractivity contribution in [3.8, 4) is 11.3 Å². The molecule has 98 valence electrons. The fraction of sp³-hybridized carbons (Fsp3) is 0.267. The highest BCUT2D eigenvalue weighted by Crippen LogP contribution is 2.42. The van der Waals surface area contributed by atoms with E-state index in [1.165, 1.54) is 0 Å². The van der Waals surface area contributed by atoms with E-state index >= 15 is 0 Å². The maximum Gasteiger partial charge on any atom is 0.250 e. The number of nitrogens with zero attached hydrogens (tertiary/aromatic N) is 1. The van der Waals surface area contributed by atoms with Crippen molar-refractivity contribution in [1.82, 2.24) is 4.57 Å². The number of amides is 1. The molecule has 2 N–H and O–H groups in total. The zero-order valence-corrected chi connectivity index (χ0v) is 11.4. The van der Waals surface area contributed by atoms with Gasteiger partial charge in [-0.2, -0.15) is 0 Å². The fourth-order valence-electron chi connectivity index (χ4n) is 2.55. The Hall–Kier alpha value is -1.74. The van der Waals surface area contributed by atoms with Crippen LogP contribution in [-0.2, 0) is 0 Å². The van der Waals surface area contributed by atoms with Gasteiger partial charge in [-0.05, 0) is 31.9 Å². The normalized spacial score (nSPS) is 14.6. The smallest absolute Gasteiger partial charge is 0.250 e. The summed E-state index contributed by atoms with van der Waals surface area (Å²) in [6.45, 7) is 1.94. The fourth-order valence-corrected chi connectivity index (χ4v) is 2.78. The van der Waals surface area contributed by atoms with Crippen molar-refractivity contribution >= 4 is 17.5 Å². The molecule has 19 heavy (non-hydrogen) atoms. The molecule has 1 aliphatic carbocycles. The summed E-state index contributed by atoms with van der Waals surface area (Å²) in [5.41, 5.74) is 8.90. The van der Waals surface area contributed by atoms with Gasteiger partial charge in [-0.25, -0.2) is 0 Å². The van der Waals surface area contributed by atoms with Gasteiger partial charge in [-0.3, -0.25) is 4.79 Å². The summed E-state index contributed by atoms with van der Waals surface area (Å²) in [6, 6.07) is 10.0. The van der Waals surface area contributed by atoms with Gasteiger partial charge in [-0.15, -0.1) is 0 Å². The number of halogens is 1. The number of hydrogen-bond donors (Lipinski definition) is 1. The van der Waals surface area contributed by atoms with Crippen LogP contribution in [0.15, 0.2) is 30.3 Å². The Morgan fingerprint density at radius 2 is 2.05 bits per heavy atom. The molecule has 1 aliphatic rings. The third kappa shape index (κ3) is 2.04. The standard InChI is InChI=1S/C15H15ClN2O/c1-9-12(15(17)19)8-14(18(9)10-6-7-10)11-4-2-3-5-13(11)16/h2-5,8,10H,6-7H2,1H3,(H2,17,19). The van der Waals surface area contributed by atoms with Crippen LogP contribution in [0.4, 0.5) is 0 Å². The van der Waals surface area contributed by atoms with Crippen molar-refractivity contribution in [1.29, 1.82) is 0 Å². The zero-order valence-electron chi connectivity index (χ0n) is 10.7. The summed E-state index contributed by atoms with van der Waals surface area (Å²) >= 11 is 6.27. The molecule has 1 fully saturated rings. The highest BCUT2D eigenvalue weighted by atomic mass is 35.5. The second-order valence-electron chi connectivity index (χ2n) is 4.97. The maximum atomic E-state index is 11.5. The summed E-state index contributed by atoms with van der Waals surface area (Å²) < 4.78 is 2.20. The lowest BCUT2D eigenvalue weighted by Crippen LogP contribution is -2.12. The quantitative estimate of drug-likeness (QED) is 0.914. The molecule has 1 aromatic heterocycles. The van der Waals surface area contributed by atoms with E-state index in [1.54, 1.807) is 0 Å². The van der Waals surface area contributed by atoms with Crippen molar-refractivity contribution in [2.75, 3.05) is 0 Å². The van der Waals surface area contributed by atoms with E-state index < -0.39 is 0 Å². The van der Waals surface area contributed by atoms with E-state index in [4.69, 9.17) is 17.3 Å². The molecule has 3 nitrogen and oxygen atoms in total. The first-order chi connectivity index (χ1) is 9.09. The van der Waals surface area contributed by atoms with Gasteiger partial charge in [0, 0.05) is 22.3 Å². The molecule has 4 heteroatoms. The number of aromatic nitrogens is 1. The molecule has 1 heterocycles. The Bertz CT molecular complexity index is 656. The SMILES string of the molecule is Cc1c(C(N)=O)cc(-c2ccccc2Cl)n1C1CC1. The molecule has 1 aromatic carbocycles. The number of benzene rings is 1. The average molecular weight is 275 g/mol. The number of hydrogen-bond acceptors (Lipinski definition) is 1. The van der Waals surface area contributed by atoms with Crippen LogP contribution in [0.2, 0.25) is 5.02 Å². The molecular weight excluding hydrogens is 260 g/mol. The van der Waals surface area contributed by atoms with Gasteiger partial charge in [0.15, 0.2) is 0 Å². The number of rotatable bonds is 3. The van der Waals surface area contributed by atoms with Crippen LogP contribution in [0.3, 0.4) is 0 Å². The van der Waals surface area contributed by atoms with Gasteiger partial charge in [0.1, 0.15) is 0 Å². The van der Waals surface area contributed by atoms with Gasteiger partial charge < -0.3 is 10.3 Å². The molecule has 0 saturated heterocycles. The molecular formula is C15H15ClN2O. The minimum absolute atomic E-state index is 0.384. The summed E-state index contributed by atoms with van der Waals surface area (Å²) in [6.07, 6.45) is 2.29. The minimum atomic E-state index is -0.384. The Balaban J connectivity index is 2.23. The van der Waals surface area contributed by atoms with E-state index in [0.717, 1.165) is 29.8 Å². The van der Waals surface area contributed by atoms with Gasteiger partial charge in [-0.1, -0.05) is 29.8 Å². The minimum Gasteiger partial charge on any atom is -0.366 e. The molecule has 0 radical (unpaired) electrons. The molecule has 0 bridgehead atoms. The van der Waals surface area contributed by atoms with Crippen molar-refractivity contribution in [2.24, 2.45) is 5.73 Å². The predicted octanol–water partition coefficient (Wildman–Crippen LogP) is 3.55. The highest BCUT2D eigenvalue weighted by Gasteiger charge is 2.30. The number of carbonyl (C=O) groups is 1. The van der Waals surface area contributed by atoms with Crippen LogP contribution >= 0.6 is 11.6 Å². The van der Waals surface area contributed by atoms with E-state index in [0.29, 0.717) is 16.6 Å². The molecule has 2 aromatic rings. The van der Waals surface area contributed by atoms with Crippen molar-refractivity contribution in [3.05, 3.63) is 46.6 Å². The van der Waals surface area contributed by atoms with Crippen LogP contribution in [0.1, 0.15) is 34.9 Å². The maximum absolute atomic E-state index is 11.5. The van der Waals surface area contributed by atoms with E-state index in [9.17, 15) is 4.79 Å². The number of primary amides is 1. The summed E-state index contributed by atoms with van der Waals surface area (Å²) in [5.74, 6) is -0.384. The molecule has 0 unspecified atom stereocenters. The lowest BCUT2D eigenvalue weighted by Gasteiger charge is -2.11. The van der Waals surface area contributed by atoms with Crippen LogP contribution in [0.25, 0.3) is 11.3 Å². The monoisotopic (exact) mass is 274 g/mol. The first kappa shape index (κ1) is 12.3. The topological polar surface area (TPSA) is 48.0 Å². The number of carbonyl (C=O) groups excluding carboxylic acids is 1. The summed E-state index contributed by atoms with van der Waals surface area (Å²) in [5, 5.41) is 0.693. The largest absolute Gasteiger partial charge is 0.366 e. The van der Waals surface area contributed by atoms with Crippen molar-refractivity contribution in [2.45, 2.75) is 25.8 Å². The molecule has 1 amide bonds. The molecule has 1 saturated carbocycles. The van der Waals surface area contributed by atoms with Crippen LogP contribution in [-0.4, -0.2) is 10.5 Å². The third-order valence-electron chi connectivity index (χ3n) is 3.62. The first-order valence-electron chi connectivity index (χ1n) is 6.36. The molecule has 0 aliphatic heterocycles. The van der Waals surface area contributed by atoms with Gasteiger partial charge >= 0.3 is 0 Å².